The molecular formula is C19H23NO. The quantitative estimate of drug-likeness (QED) is 0.763. The molecule has 1 atom stereocenters. The van der Waals surface area contributed by atoms with Gasteiger partial charge in [0.05, 0.1) is 5.54 Å². The Labute approximate surface area is 127 Å². The molecule has 0 heterocycles. The lowest BCUT2D eigenvalue weighted by molar-refractivity contribution is 0.0710. The van der Waals surface area contributed by atoms with Crippen LogP contribution < -0.4 is 0 Å². The SMILES string of the molecule is CCC(C)(C(=O)c1ccc(-c2ccccc2)cc1)N(C)C. The van der Waals surface area contributed by atoms with Crippen LogP contribution in [0.5, 0.6) is 0 Å². The zero-order valence-corrected chi connectivity index (χ0v) is 13.3. The first-order valence-corrected chi connectivity index (χ1v) is 7.36. The van der Waals surface area contributed by atoms with Crippen molar-refractivity contribution in [3.8, 4) is 11.1 Å². The molecule has 0 saturated carbocycles. The van der Waals surface area contributed by atoms with Crippen LogP contribution in [-0.2, 0) is 0 Å². The van der Waals surface area contributed by atoms with E-state index in [0.29, 0.717) is 0 Å². The number of rotatable bonds is 5. The van der Waals surface area contributed by atoms with Gasteiger partial charge in [-0.2, -0.15) is 0 Å². The van der Waals surface area contributed by atoms with Gasteiger partial charge < -0.3 is 0 Å². The molecule has 1 unspecified atom stereocenters. The lowest BCUT2D eigenvalue weighted by atomic mass is 9.87. The van der Waals surface area contributed by atoms with E-state index in [1.165, 1.54) is 5.56 Å². The van der Waals surface area contributed by atoms with Crippen molar-refractivity contribution in [2.45, 2.75) is 25.8 Å². The lowest BCUT2D eigenvalue weighted by Gasteiger charge is -2.34. The number of Topliss-reactive ketones (excluding diaryl/α,β-unsaturated/α-hetero) is 1. The molecular weight excluding hydrogens is 258 g/mol. The van der Waals surface area contributed by atoms with E-state index in [9.17, 15) is 4.79 Å². The molecule has 2 aromatic carbocycles. The van der Waals surface area contributed by atoms with E-state index >= 15 is 0 Å². The van der Waals surface area contributed by atoms with Crippen molar-refractivity contribution in [1.29, 1.82) is 0 Å². The van der Waals surface area contributed by atoms with Crippen molar-refractivity contribution in [1.82, 2.24) is 4.90 Å². The van der Waals surface area contributed by atoms with Gasteiger partial charge in [-0.1, -0.05) is 61.5 Å². The normalized spacial score (nSPS) is 14.0. The predicted octanol–water partition coefficient (Wildman–Crippen LogP) is 4.27. The van der Waals surface area contributed by atoms with Crippen molar-refractivity contribution in [2.24, 2.45) is 0 Å². The highest BCUT2D eigenvalue weighted by molar-refractivity contribution is 6.03. The Kier molecular flexibility index (Phi) is 4.59. The third-order valence-corrected chi connectivity index (χ3v) is 4.42. The second-order valence-electron chi connectivity index (χ2n) is 5.79. The number of hydrogen-bond donors (Lipinski definition) is 0. The van der Waals surface area contributed by atoms with Crippen LogP contribution in [0.4, 0.5) is 0 Å². The van der Waals surface area contributed by atoms with Crippen molar-refractivity contribution >= 4 is 5.78 Å². The van der Waals surface area contributed by atoms with Gasteiger partial charge in [-0.15, -0.1) is 0 Å². The first kappa shape index (κ1) is 15.5. The summed E-state index contributed by atoms with van der Waals surface area (Å²) in [6, 6.07) is 18.1. The zero-order valence-electron chi connectivity index (χ0n) is 13.3. The molecule has 0 radical (unpaired) electrons. The van der Waals surface area contributed by atoms with Crippen LogP contribution in [0.3, 0.4) is 0 Å². The van der Waals surface area contributed by atoms with E-state index in [0.717, 1.165) is 17.5 Å². The average molecular weight is 281 g/mol. The number of likely N-dealkylation sites (N-methyl/N-ethyl adjacent to an activating group) is 1. The Morgan fingerprint density at radius 3 is 1.95 bits per heavy atom. The molecule has 2 nitrogen and oxygen atoms in total. The van der Waals surface area contributed by atoms with Gasteiger partial charge in [0.2, 0.25) is 0 Å². The van der Waals surface area contributed by atoms with Crippen LogP contribution in [0.25, 0.3) is 11.1 Å². The van der Waals surface area contributed by atoms with Crippen LogP contribution in [0.1, 0.15) is 30.6 Å². The second kappa shape index (κ2) is 6.23. The second-order valence-corrected chi connectivity index (χ2v) is 5.79. The van der Waals surface area contributed by atoms with Crippen LogP contribution >= 0.6 is 0 Å². The maximum absolute atomic E-state index is 12.7. The number of carbonyl (C=O) groups is 1. The van der Waals surface area contributed by atoms with Gasteiger partial charge in [0.1, 0.15) is 0 Å². The molecule has 0 fully saturated rings. The molecule has 0 amide bonds. The van der Waals surface area contributed by atoms with E-state index in [1.807, 2.05) is 68.4 Å². The zero-order chi connectivity index (χ0) is 15.5. The van der Waals surface area contributed by atoms with Gasteiger partial charge in [0, 0.05) is 5.56 Å². The Balaban J connectivity index is 2.29. The molecule has 2 heteroatoms. The largest absolute Gasteiger partial charge is 0.297 e. The van der Waals surface area contributed by atoms with Gasteiger partial charge in [-0.25, -0.2) is 0 Å². The van der Waals surface area contributed by atoms with Crippen molar-refractivity contribution in [3.05, 3.63) is 60.2 Å². The molecule has 0 spiro atoms. The molecule has 0 saturated heterocycles. The molecule has 21 heavy (non-hydrogen) atoms. The van der Waals surface area contributed by atoms with Crippen molar-refractivity contribution in [2.75, 3.05) is 14.1 Å². The van der Waals surface area contributed by atoms with Gasteiger partial charge in [0.25, 0.3) is 0 Å². The minimum Gasteiger partial charge on any atom is -0.297 e. The number of carbonyl (C=O) groups excluding carboxylic acids is 1. The highest BCUT2D eigenvalue weighted by Crippen LogP contribution is 2.25. The van der Waals surface area contributed by atoms with E-state index in [-0.39, 0.29) is 5.78 Å². The van der Waals surface area contributed by atoms with Gasteiger partial charge >= 0.3 is 0 Å². The standard InChI is InChI=1S/C19H23NO/c1-5-19(2,20(3)4)18(21)17-13-11-16(12-14-17)15-9-7-6-8-10-15/h6-14H,5H2,1-4H3. The summed E-state index contributed by atoms with van der Waals surface area (Å²) >= 11 is 0. The fourth-order valence-corrected chi connectivity index (χ4v) is 2.44. The fraction of sp³-hybridized carbons (Fsp3) is 0.316. The number of benzene rings is 2. The third-order valence-electron chi connectivity index (χ3n) is 4.42. The molecule has 0 N–H and O–H groups in total. The molecule has 0 bridgehead atoms. The summed E-state index contributed by atoms with van der Waals surface area (Å²) < 4.78 is 0. The first-order chi connectivity index (χ1) is 9.99. The Morgan fingerprint density at radius 1 is 0.952 bits per heavy atom. The summed E-state index contributed by atoms with van der Waals surface area (Å²) in [6.45, 7) is 4.05. The molecule has 2 aromatic rings. The maximum atomic E-state index is 12.7. The van der Waals surface area contributed by atoms with E-state index in [4.69, 9.17) is 0 Å². The number of ketones is 1. The van der Waals surface area contributed by atoms with Crippen LogP contribution in [0.2, 0.25) is 0 Å². The van der Waals surface area contributed by atoms with Crippen molar-refractivity contribution in [3.63, 3.8) is 0 Å². The summed E-state index contributed by atoms with van der Waals surface area (Å²) in [5, 5.41) is 0. The molecule has 0 aliphatic rings. The lowest BCUT2D eigenvalue weighted by Crippen LogP contribution is -2.48. The number of hydrogen-bond acceptors (Lipinski definition) is 2. The van der Waals surface area contributed by atoms with Gasteiger partial charge in [-0.05, 0) is 38.6 Å². The van der Waals surface area contributed by atoms with Gasteiger partial charge in [0.15, 0.2) is 5.78 Å². The fourth-order valence-electron chi connectivity index (χ4n) is 2.44. The summed E-state index contributed by atoms with van der Waals surface area (Å²) in [7, 11) is 3.92. The highest BCUT2D eigenvalue weighted by atomic mass is 16.1. The summed E-state index contributed by atoms with van der Waals surface area (Å²) in [5.41, 5.74) is 2.62. The molecule has 0 aliphatic carbocycles. The van der Waals surface area contributed by atoms with Crippen LogP contribution in [0, 0.1) is 0 Å². The predicted molar refractivity (Wildman–Crippen MR) is 88.6 cm³/mol. The van der Waals surface area contributed by atoms with Gasteiger partial charge in [-0.3, -0.25) is 9.69 Å². The molecule has 110 valence electrons. The summed E-state index contributed by atoms with van der Waals surface area (Å²) in [4.78, 5) is 14.7. The Hall–Kier alpha value is -1.93. The van der Waals surface area contributed by atoms with E-state index < -0.39 is 5.54 Å². The minimum absolute atomic E-state index is 0.176. The van der Waals surface area contributed by atoms with Crippen molar-refractivity contribution < 1.29 is 4.79 Å². The summed E-state index contributed by atoms with van der Waals surface area (Å²) in [5.74, 6) is 0.176. The third kappa shape index (κ3) is 3.06. The van der Waals surface area contributed by atoms with E-state index in [1.54, 1.807) is 0 Å². The molecule has 0 aliphatic heterocycles. The average Bonchev–Trinajstić information content (AvgIpc) is 2.54. The van der Waals surface area contributed by atoms with Crippen LogP contribution in [-0.4, -0.2) is 30.3 Å². The smallest absolute Gasteiger partial charge is 0.182 e. The molecule has 2 rings (SSSR count). The van der Waals surface area contributed by atoms with E-state index in [2.05, 4.69) is 19.1 Å². The monoisotopic (exact) mass is 281 g/mol. The highest BCUT2D eigenvalue weighted by Gasteiger charge is 2.34. The Bertz CT molecular complexity index is 601. The minimum atomic E-state index is -0.450. The summed E-state index contributed by atoms with van der Waals surface area (Å²) in [6.07, 6.45) is 0.791. The maximum Gasteiger partial charge on any atom is 0.182 e. The number of nitrogens with zero attached hydrogens (tertiary/aromatic N) is 1. The first-order valence-electron chi connectivity index (χ1n) is 7.36. The molecule has 0 aromatic heterocycles. The van der Waals surface area contributed by atoms with Crippen LogP contribution in [0.15, 0.2) is 54.6 Å². The Morgan fingerprint density at radius 2 is 1.48 bits per heavy atom. The topological polar surface area (TPSA) is 20.3 Å².